The van der Waals surface area contributed by atoms with Crippen molar-refractivity contribution in [2.45, 2.75) is 19.8 Å². The molecule has 3 heterocycles. The minimum Gasteiger partial charge on any atom is -0.371 e. The van der Waals surface area contributed by atoms with Crippen LogP contribution in [-0.2, 0) is 0 Å². The van der Waals surface area contributed by atoms with Gasteiger partial charge in [-0.25, -0.2) is 4.98 Å². The number of piperazine rings is 1. The zero-order chi connectivity index (χ0) is 19.6. The van der Waals surface area contributed by atoms with Crippen molar-refractivity contribution in [1.82, 2.24) is 10.3 Å². The Bertz CT molecular complexity index is 976. The second kappa shape index (κ2) is 8.03. The minimum atomic E-state index is 0.809. The van der Waals surface area contributed by atoms with Gasteiger partial charge in [0.2, 0.25) is 0 Å². The number of nitrogens with one attached hydrogen (secondary N) is 1. The van der Waals surface area contributed by atoms with Crippen LogP contribution in [0.2, 0.25) is 0 Å². The van der Waals surface area contributed by atoms with Gasteiger partial charge in [-0.3, -0.25) is 0 Å². The van der Waals surface area contributed by atoms with E-state index < -0.39 is 0 Å². The van der Waals surface area contributed by atoms with Gasteiger partial charge in [0.05, 0.1) is 11.2 Å². The van der Waals surface area contributed by atoms with Crippen molar-refractivity contribution >= 4 is 22.3 Å². The number of benzene rings is 2. The van der Waals surface area contributed by atoms with Crippen LogP contribution < -0.4 is 15.1 Å². The zero-order valence-corrected chi connectivity index (χ0v) is 17.3. The molecule has 29 heavy (non-hydrogen) atoms. The molecule has 4 nitrogen and oxygen atoms in total. The molecule has 1 aromatic heterocycles. The molecule has 2 fully saturated rings. The van der Waals surface area contributed by atoms with E-state index in [0.29, 0.717) is 0 Å². The van der Waals surface area contributed by atoms with E-state index in [1.807, 2.05) is 0 Å². The molecule has 1 atom stereocenters. The van der Waals surface area contributed by atoms with E-state index in [0.717, 1.165) is 56.4 Å². The molecule has 2 saturated heterocycles. The summed E-state index contributed by atoms with van der Waals surface area (Å²) in [5, 5.41) is 4.69. The van der Waals surface area contributed by atoms with Crippen LogP contribution >= 0.6 is 0 Å². The molecule has 0 spiro atoms. The third-order valence-electron chi connectivity index (χ3n) is 6.54. The highest BCUT2D eigenvalue weighted by Gasteiger charge is 2.23. The van der Waals surface area contributed by atoms with Crippen LogP contribution in [0.4, 0.5) is 11.4 Å². The number of hydrogen-bond acceptors (Lipinski definition) is 4. The molecule has 2 aliphatic rings. The maximum atomic E-state index is 5.01. The number of aromatic nitrogens is 1. The number of hydrogen-bond donors (Lipinski definition) is 1. The topological polar surface area (TPSA) is 31.4 Å². The highest BCUT2D eigenvalue weighted by molar-refractivity contribution is 5.94. The Morgan fingerprint density at radius 2 is 1.76 bits per heavy atom. The maximum absolute atomic E-state index is 5.01. The van der Waals surface area contributed by atoms with E-state index in [9.17, 15) is 0 Å². The first-order valence-corrected chi connectivity index (χ1v) is 11.0. The van der Waals surface area contributed by atoms with E-state index in [4.69, 9.17) is 4.98 Å². The second-order valence-corrected chi connectivity index (χ2v) is 8.34. The summed E-state index contributed by atoms with van der Waals surface area (Å²) >= 11 is 0. The molecular formula is C25H30N4. The third-order valence-corrected chi connectivity index (χ3v) is 6.54. The monoisotopic (exact) mass is 386 g/mol. The van der Waals surface area contributed by atoms with Gasteiger partial charge in [-0.15, -0.1) is 0 Å². The molecule has 1 N–H and O–H groups in total. The van der Waals surface area contributed by atoms with Gasteiger partial charge in [-0.1, -0.05) is 43.7 Å². The molecule has 150 valence electrons. The fraction of sp³-hybridized carbons (Fsp3) is 0.400. The standard InChI is InChI=1S/C25H30N4/c1-2-19-11-14-29(18-19)25-17-24(27-23-6-4-3-5-22(23)25)20-7-9-21(10-8-20)28-15-12-26-13-16-28/h3-10,17,19,26H,2,11-16,18H2,1H3. The van der Waals surface area contributed by atoms with Crippen molar-refractivity contribution in [3.63, 3.8) is 0 Å². The molecule has 0 radical (unpaired) electrons. The Hall–Kier alpha value is -2.59. The van der Waals surface area contributed by atoms with Crippen LogP contribution in [0.3, 0.4) is 0 Å². The van der Waals surface area contributed by atoms with E-state index in [-0.39, 0.29) is 0 Å². The lowest BCUT2D eigenvalue weighted by Gasteiger charge is -2.29. The first-order chi connectivity index (χ1) is 14.3. The van der Waals surface area contributed by atoms with Crippen LogP contribution in [0.1, 0.15) is 19.8 Å². The van der Waals surface area contributed by atoms with Gasteiger partial charge >= 0.3 is 0 Å². The second-order valence-electron chi connectivity index (χ2n) is 8.34. The van der Waals surface area contributed by atoms with E-state index >= 15 is 0 Å². The number of anilines is 2. The average molecular weight is 387 g/mol. The molecule has 0 aliphatic carbocycles. The molecule has 0 saturated carbocycles. The smallest absolute Gasteiger partial charge is 0.0730 e. The molecule has 5 rings (SSSR count). The van der Waals surface area contributed by atoms with Crippen molar-refractivity contribution < 1.29 is 0 Å². The van der Waals surface area contributed by atoms with Crippen molar-refractivity contribution in [2.24, 2.45) is 5.92 Å². The lowest BCUT2D eigenvalue weighted by molar-refractivity contribution is 0.569. The third kappa shape index (κ3) is 3.69. The average Bonchev–Trinajstić information content (AvgIpc) is 3.28. The number of rotatable bonds is 4. The lowest BCUT2D eigenvalue weighted by Crippen LogP contribution is -2.43. The summed E-state index contributed by atoms with van der Waals surface area (Å²) in [6.07, 6.45) is 2.56. The Labute approximate surface area is 173 Å². The molecule has 1 unspecified atom stereocenters. The first-order valence-electron chi connectivity index (χ1n) is 11.0. The van der Waals surface area contributed by atoms with Gasteiger partial charge in [-0.05, 0) is 36.6 Å². The van der Waals surface area contributed by atoms with Crippen molar-refractivity contribution in [1.29, 1.82) is 0 Å². The normalized spacial score (nSPS) is 19.8. The SMILES string of the molecule is CCC1CCN(c2cc(-c3ccc(N4CCNCC4)cc3)nc3ccccc23)C1. The fourth-order valence-corrected chi connectivity index (χ4v) is 4.72. The zero-order valence-electron chi connectivity index (χ0n) is 17.3. The molecule has 2 aromatic carbocycles. The summed E-state index contributed by atoms with van der Waals surface area (Å²) in [5.74, 6) is 0.809. The number of nitrogens with zero attached hydrogens (tertiary/aromatic N) is 3. The van der Waals surface area contributed by atoms with Crippen LogP contribution in [0.25, 0.3) is 22.2 Å². The predicted octanol–water partition coefficient (Wildman–Crippen LogP) is 4.55. The van der Waals surface area contributed by atoms with Crippen molar-refractivity contribution in [2.75, 3.05) is 49.1 Å². The van der Waals surface area contributed by atoms with Crippen molar-refractivity contribution in [3.05, 3.63) is 54.6 Å². The maximum Gasteiger partial charge on any atom is 0.0730 e. The van der Waals surface area contributed by atoms with Gasteiger partial charge < -0.3 is 15.1 Å². The quantitative estimate of drug-likeness (QED) is 0.713. The lowest BCUT2D eigenvalue weighted by atomic mass is 10.1. The van der Waals surface area contributed by atoms with Gasteiger partial charge in [-0.2, -0.15) is 0 Å². The Morgan fingerprint density at radius 1 is 0.966 bits per heavy atom. The summed E-state index contributed by atoms with van der Waals surface area (Å²) < 4.78 is 0. The predicted molar refractivity (Wildman–Crippen MR) is 123 cm³/mol. The number of pyridine rings is 1. The fourth-order valence-electron chi connectivity index (χ4n) is 4.72. The highest BCUT2D eigenvalue weighted by Crippen LogP contribution is 2.34. The highest BCUT2D eigenvalue weighted by atomic mass is 15.2. The van der Waals surface area contributed by atoms with Gasteiger partial charge in [0.1, 0.15) is 0 Å². The van der Waals surface area contributed by atoms with Gasteiger partial charge in [0.15, 0.2) is 0 Å². The summed E-state index contributed by atoms with van der Waals surface area (Å²) in [5.41, 5.74) is 6.01. The number of para-hydroxylation sites is 1. The Kier molecular flexibility index (Phi) is 5.11. The molecule has 2 aliphatic heterocycles. The van der Waals surface area contributed by atoms with Crippen LogP contribution in [-0.4, -0.2) is 44.3 Å². The van der Waals surface area contributed by atoms with E-state index in [2.05, 4.69) is 76.6 Å². The van der Waals surface area contributed by atoms with Crippen molar-refractivity contribution in [3.8, 4) is 11.3 Å². The molecule has 4 heteroatoms. The Morgan fingerprint density at radius 3 is 2.52 bits per heavy atom. The van der Waals surface area contributed by atoms with Gasteiger partial charge in [0.25, 0.3) is 0 Å². The van der Waals surface area contributed by atoms with Crippen LogP contribution in [0, 0.1) is 5.92 Å². The Balaban J connectivity index is 1.50. The van der Waals surface area contributed by atoms with Crippen LogP contribution in [0.5, 0.6) is 0 Å². The van der Waals surface area contributed by atoms with E-state index in [1.54, 1.807) is 0 Å². The summed E-state index contributed by atoms with van der Waals surface area (Å²) in [6.45, 7) is 8.89. The van der Waals surface area contributed by atoms with Crippen LogP contribution in [0.15, 0.2) is 54.6 Å². The summed E-state index contributed by atoms with van der Waals surface area (Å²) in [6, 6.07) is 19.9. The van der Waals surface area contributed by atoms with E-state index in [1.165, 1.54) is 35.2 Å². The molecule has 0 bridgehead atoms. The minimum absolute atomic E-state index is 0.809. The molecule has 0 amide bonds. The van der Waals surface area contributed by atoms with Gasteiger partial charge in [0, 0.05) is 61.6 Å². The summed E-state index contributed by atoms with van der Waals surface area (Å²) in [4.78, 5) is 10.0. The first kappa shape index (κ1) is 18.4. The number of fused-ring (bicyclic) bond motifs is 1. The largest absolute Gasteiger partial charge is 0.371 e. The molecule has 3 aromatic rings. The summed E-state index contributed by atoms with van der Waals surface area (Å²) in [7, 11) is 0. The molecular weight excluding hydrogens is 356 g/mol.